The Kier molecular flexibility index (Phi) is 2.07. The van der Waals surface area contributed by atoms with Crippen LogP contribution >= 0.6 is 0 Å². The van der Waals surface area contributed by atoms with E-state index in [2.05, 4.69) is 35.6 Å². The predicted octanol–water partition coefficient (Wildman–Crippen LogP) is 2.27. The first kappa shape index (κ1) is 9.60. The van der Waals surface area contributed by atoms with Crippen molar-refractivity contribution in [1.82, 2.24) is 10.5 Å². The average Bonchev–Trinajstić information content (AvgIpc) is 2.80. The number of hydrogen-bond donors (Lipinski definition) is 1. The van der Waals surface area contributed by atoms with Crippen molar-refractivity contribution in [2.75, 3.05) is 7.05 Å². The van der Waals surface area contributed by atoms with Gasteiger partial charge in [-0.05, 0) is 25.6 Å². The Morgan fingerprint density at radius 1 is 1.44 bits per heavy atom. The number of nitrogens with zero attached hydrogens (tertiary/aromatic N) is 1. The lowest BCUT2D eigenvalue weighted by molar-refractivity contribution is 0.421. The summed E-state index contributed by atoms with van der Waals surface area (Å²) in [6.07, 6.45) is 0.950. The van der Waals surface area contributed by atoms with Gasteiger partial charge in [-0.25, -0.2) is 0 Å². The van der Waals surface area contributed by atoms with Crippen LogP contribution in [0.5, 0.6) is 0 Å². The average molecular weight is 214 g/mol. The Morgan fingerprint density at radius 3 is 3.12 bits per heavy atom. The van der Waals surface area contributed by atoms with Crippen LogP contribution in [0.3, 0.4) is 0 Å². The SMILES string of the molecule is CNCc1noc2c1Cc1ccc(C)cc1-2. The summed E-state index contributed by atoms with van der Waals surface area (Å²) in [7, 11) is 1.92. The molecule has 0 saturated carbocycles. The molecule has 0 amide bonds. The molecular formula is C13H14N2O. The molecule has 1 N–H and O–H groups in total. The number of fused-ring (bicyclic) bond motifs is 3. The zero-order valence-electron chi connectivity index (χ0n) is 9.50. The maximum Gasteiger partial charge on any atom is 0.170 e. The number of aryl methyl sites for hydroxylation is 1. The lowest BCUT2D eigenvalue weighted by Gasteiger charge is -1.99. The van der Waals surface area contributed by atoms with Gasteiger partial charge >= 0.3 is 0 Å². The number of benzene rings is 1. The quantitative estimate of drug-likeness (QED) is 0.711. The summed E-state index contributed by atoms with van der Waals surface area (Å²) >= 11 is 0. The van der Waals surface area contributed by atoms with Gasteiger partial charge in [0.25, 0.3) is 0 Å². The predicted molar refractivity (Wildman–Crippen MR) is 62.2 cm³/mol. The standard InChI is InChI=1S/C13H14N2O/c1-8-3-4-9-6-11-12(7-14-2)15-16-13(11)10(9)5-8/h3-5,14H,6-7H2,1-2H3. The molecule has 0 radical (unpaired) electrons. The van der Waals surface area contributed by atoms with Gasteiger partial charge in [-0.2, -0.15) is 0 Å². The molecule has 16 heavy (non-hydrogen) atoms. The Hall–Kier alpha value is -1.61. The molecule has 1 aromatic heterocycles. The summed E-state index contributed by atoms with van der Waals surface area (Å²) in [6.45, 7) is 2.87. The molecule has 1 aromatic carbocycles. The molecule has 3 heteroatoms. The van der Waals surface area contributed by atoms with Gasteiger partial charge in [-0.1, -0.05) is 22.9 Å². The van der Waals surface area contributed by atoms with E-state index < -0.39 is 0 Å². The largest absolute Gasteiger partial charge is 0.356 e. The van der Waals surface area contributed by atoms with Crippen LogP contribution in [-0.2, 0) is 13.0 Å². The van der Waals surface area contributed by atoms with Crippen LogP contribution in [-0.4, -0.2) is 12.2 Å². The van der Waals surface area contributed by atoms with Crippen molar-refractivity contribution >= 4 is 0 Å². The first-order valence-corrected chi connectivity index (χ1v) is 5.51. The highest BCUT2D eigenvalue weighted by atomic mass is 16.5. The van der Waals surface area contributed by atoms with Crippen molar-refractivity contribution in [2.24, 2.45) is 0 Å². The Morgan fingerprint density at radius 2 is 2.31 bits per heavy atom. The Bertz CT molecular complexity index is 543. The molecule has 0 unspecified atom stereocenters. The number of nitrogens with one attached hydrogen (secondary N) is 1. The van der Waals surface area contributed by atoms with Crippen molar-refractivity contribution < 1.29 is 4.52 Å². The normalized spacial score (nSPS) is 12.6. The highest BCUT2D eigenvalue weighted by molar-refractivity contribution is 5.73. The zero-order valence-corrected chi connectivity index (χ0v) is 9.50. The Labute approximate surface area is 94.5 Å². The second-order valence-electron chi connectivity index (χ2n) is 4.30. The number of rotatable bonds is 2. The summed E-state index contributed by atoms with van der Waals surface area (Å²) < 4.78 is 5.45. The number of aromatic nitrogens is 1. The van der Waals surface area contributed by atoms with Crippen LogP contribution in [0.25, 0.3) is 11.3 Å². The van der Waals surface area contributed by atoms with Gasteiger partial charge in [-0.15, -0.1) is 0 Å². The summed E-state index contributed by atoms with van der Waals surface area (Å²) in [5.74, 6) is 0.962. The van der Waals surface area contributed by atoms with E-state index in [1.807, 2.05) is 7.05 Å². The molecule has 0 atom stereocenters. The third kappa shape index (κ3) is 1.28. The fourth-order valence-electron chi connectivity index (χ4n) is 2.29. The van der Waals surface area contributed by atoms with E-state index in [9.17, 15) is 0 Å². The van der Waals surface area contributed by atoms with E-state index in [1.165, 1.54) is 22.3 Å². The molecule has 0 spiro atoms. The maximum atomic E-state index is 5.45. The van der Waals surface area contributed by atoms with Crippen LogP contribution in [0.1, 0.15) is 22.4 Å². The minimum Gasteiger partial charge on any atom is -0.356 e. The van der Waals surface area contributed by atoms with E-state index in [1.54, 1.807) is 0 Å². The van der Waals surface area contributed by atoms with Gasteiger partial charge in [0.2, 0.25) is 0 Å². The van der Waals surface area contributed by atoms with Crippen LogP contribution in [0.4, 0.5) is 0 Å². The van der Waals surface area contributed by atoms with Crippen LogP contribution in [0.15, 0.2) is 22.7 Å². The maximum absolute atomic E-state index is 5.45. The zero-order chi connectivity index (χ0) is 11.1. The van der Waals surface area contributed by atoms with E-state index in [-0.39, 0.29) is 0 Å². The number of hydrogen-bond acceptors (Lipinski definition) is 3. The van der Waals surface area contributed by atoms with Gasteiger partial charge in [-0.3, -0.25) is 0 Å². The molecule has 0 aliphatic heterocycles. The van der Waals surface area contributed by atoms with Crippen molar-refractivity contribution in [1.29, 1.82) is 0 Å². The molecule has 0 fully saturated rings. The molecule has 0 bridgehead atoms. The fraction of sp³-hybridized carbons (Fsp3) is 0.308. The van der Waals surface area contributed by atoms with Crippen molar-refractivity contribution in [3.8, 4) is 11.3 Å². The minimum absolute atomic E-state index is 0.770. The first-order chi connectivity index (χ1) is 7.79. The van der Waals surface area contributed by atoms with Crippen LogP contribution in [0, 0.1) is 6.92 Å². The van der Waals surface area contributed by atoms with Gasteiger partial charge in [0.1, 0.15) is 5.69 Å². The second kappa shape index (κ2) is 3.46. The van der Waals surface area contributed by atoms with Crippen molar-refractivity contribution in [3.05, 3.63) is 40.6 Å². The third-order valence-electron chi connectivity index (χ3n) is 3.09. The van der Waals surface area contributed by atoms with Gasteiger partial charge < -0.3 is 9.84 Å². The topological polar surface area (TPSA) is 38.1 Å². The molecule has 3 nitrogen and oxygen atoms in total. The molecule has 82 valence electrons. The molecule has 1 heterocycles. The summed E-state index contributed by atoms with van der Waals surface area (Å²) in [5, 5.41) is 7.23. The highest BCUT2D eigenvalue weighted by Gasteiger charge is 2.26. The van der Waals surface area contributed by atoms with E-state index >= 15 is 0 Å². The molecule has 1 aliphatic rings. The molecule has 0 saturated heterocycles. The van der Waals surface area contributed by atoms with E-state index in [4.69, 9.17) is 4.52 Å². The Balaban J connectivity index is 2.11. The summed E-state index contributed by atoms with van der Waals surface area (Å²) in [5.41, 5.74) is 6.10. The lowest BCUT2D eigenvalue weighted by atomic mass is 10.1. The second-order valence-corrected chi connectivity index (χ2v) is 4.30. The van der Waals surface area contributed by atoms with E-state index in [0.29, 0.717) is 0 Å². The van der Waals surface area contributed by atoms with Gasteiger partial charge in [0, 0.05) is 24.1 Å². The van der Waals surface area contributed by atoms with Gasteiger partial charge in [0.15, 0.2) is 5.76 Å². The van der Waals surface area contributed by atoms with E-state index in [0.717, 1.165) is 24.4 Å². The minimum atomic E-state index is 0.770. The van der Waals surface area contributed by atoms with Crippen LogP contribution in [0.2, 0.25) is 0 Å². The molecule has 3 rings (SSSR count). The van der Waals surface area contributed by atoms with Crippen molar-refractivity contribution in [3.63, 3.8) is 0 Å². The highest BCUT2D eigenvalue weighted by Crippen LogP contribution is 2.38. The molecule has 1 aliphatic carbocycles. The molecule has 2 aromatic rings. The van der Waals surface area contributed by atoms with Crippen molar-refractivity contribution in [2.45, 2.75) is 19.9 Å². The van der Waals surface area contributed by atoms with Crippen LogP contribution < -0.4 is 5.32 Å². The summed E-state index contributed by atoms with van der Waals surface area (Å²) in [6, 6.07) is 6.51. The summed E-state index contributed by atoms with van der Waals surface area (Å²) in [4.78, 5) is 0. The lowest BCUT2D eigenvalue weighted by Crippen LogP contribution is -2.07. The fourth-order valence-corrected chi connectivity index (χ4v) is 2.29. The third-order valence-corrected chi connectivity index (χ3v) is 3.09. The first-order valence-electron chi connectivity index (χ1n) is 5.51. The monoisotopic (exact) mass is 214 g/mol. The smallest absolute Gasteiger partial charge is 0.170 e. The van der Waals surface area contributed by atoms with Gasteiger partial charge in [0.05, 0.1) is 0 Å². The molecular weight excluding hydrogens is 200 g/mol.